The van der Waals surface area contributed by atoms with Gasteiger partial charge in [0.15, 0.2) is 0 Å². The normalized spacial score (nSPS) is 9.65. The highest BCUT2D eigenvalue weighted by Crippen LogP contribution is 2.12. The van der Waals surface area contributed by atoms with E-state index in [9.17, 15) is 9.90 Å². The van der Waals surface area contributed by atoms with E-state index in [4.69, 9.17) is 4.74 Å². The van der Waals surface area contributed by atoms with Gasteiger partial charge in [0.25, 0.3) is 0 Å². The fourth-order valence-corrected chi connectivity index (χ4v) is 1.01. The van der Waals surface area contributed by atoms with Crippen LogP contribution in [0.2, 0.25) is 0 Å². The maximum absolute atomic E-state index is 10.6. The van der Waals surface area contributed by atoms with E-state index in [1.165, 1.54) is 6.08 Å². The van der Waals surface area contributed by atoms with Crippen LogP contribution in [0.15, 0.2) is 43.0 Å². The third-order valence-electron chi connectivity index (χ3n) is 1.67. The molecule has 1 unspecified atom stereocenters. The average molecular weight is 263 g/mol. The van der Waals surface area contributed by atoms with Crippen molar-refractivity contribution >= 4 is 5.97 Å². The first kappa shape index (κ1) is 20.8. The molecule has 8 N–H and O–H groups in total. The number of carboxylic acid groups (broad SMARTS) is 1. The van der Waals surface area contributed by atoms with Crippen molar-refractivity contribution in [2.75, 3.05) is 0 Å². The molecule has 0 heterocycles. The fraction of sp³-hybridized carbons (Fsp3) is 0.182. The molecule has 0 saturated heterocycles. The van der Waals surface area contributed by atoms with Gasteiger partial charge in [0.05, 0.1) is 5.97 Å². The second-order valence-electron chi connectivity index (χ2n) is 2.76. The zero-order valence-electron chi connectivity index (χ0n) is 10.1. The molecule has 0 fully saturated rings. The molecule has 1 aromatic carbocycles. The summed E-state index contributed by atoms with van der Waals surface area (Å²) in [6, 6.07) is 8.76. The second kappa shape index (κ2) is 10.9. The van der Waals surface area contributed by atoms with Crippen LogP contribution in [0, 0.1) is 0 Å². The molecule has 0 aliphatic heterocycles. The molecule has 1 aromatic rings. The van der Waals surface area contributed by atoms with Gasteiger partial charge in [0.2, 0.25) is 0 Å². The minimum Gasteiger partial charge on any atom is -1.00 e. The van der Waals surface area contributed by atoms with Crippen molar-refractivity contribution in [1.82, 2.24) is 12.3 Å². The predicted molar refractivity (Wildman–Crippen MR) is 62.6 cm³/mol. The maximum atomic E-state index is 10.6. The summed E-state index contributed by atoms with van der Waals surface area (Å²) >= 11 is 0. The first-order valence-electron chi connectivity index (χ1n) is 4.27. The number of ether oxygens (including phenoxy) is 1. The van der Waals surface area contributed by atoms with Gasteiger partial charge in [-0.1, -0.05) is 24.3 Å². The molecule has 0 saturated carbocycles. The number of hydrogen-bond donors (Lipinski definition) is 2. The highest BCUT2D eigenvalue weighted by Gasteiger charge is 2.08. The number of aliphatic carboxylic acids is 1. The van der Waals surface area contributed by atoms with Crippen LogP contribution in [0.25, 0.3) is 0 Å². The highest BCUT2D eigenvalue weighted by molar-refractivity contribution is 5.70. The zero-order chi connectivity index (χ0) is 10.4. The van der Waals surface area contributed by atoms with Gasteiger partial charge in [0, 0.05) is 6.42 Å². The molecule has 98 valence electrons. The van der Waals surface area contributed by atoms with E-state index in [1.807, 2.05) is 6.07 Å². The molecule has 0 aliphatic carbocycles. The maximum Gasteiger partial charge on any atom is 0.141 e. The van der Waals surface area contributed by atoms with Gasteiger partial charge in [-0.15, -0.1) is 6.58 Å². The Morgan fingerprint density at radius 2 is 1.88 bits per heavy atom. The van der Waals surface area contributed by atoms with Crippen LogP contribution in [0.1, 0.15) is 6.42 Å². The summed E-state index contributed by atoms with van der Waals surface area (Å²) in [5.74, 6) is -0.711. The summed E-state index contributed by atoms with van der Waals surface area (Å²) in [7, 11) is 0. The summed E-state index contributed by atoms with van der Waals surface area (Å²) < 4.78 is 5.18. The Hall–Kier alpha value is -1.56. The highest BCUT2D eigenvalue weighted by atomic mass is 35.5. The van der Waals surface area contributed by atoms with E-state index in [1.54, 1.807) is 24.3 Å². The topological polar surface area (TPSA) is 122 Å². The van der Waals surface area contributed by atoms with Crippen molar-refractivity contribution < 1.29 is 27.0 Å². The van der Waals surface area contributed by atoms with E-state index in [0.717, 1.165) is 0 Å². The second-order valence-corrected chi connectivity index (χ2v) is 2.76. The molecule has 6 heteroatoms. The van der Waals surface area contributed by atoms with Gasteiger partial charge in [-0.25, -0.2) is 0 Å². The molecule has 1 rings (SSSR count). The summed E-state index contributed by atoms with van der Waals surface area (Å²) in [6.07, 6.45) is 0.760. The number of carboxylic acids is 1. The molecular weight excluding hydrogens is 244 g/mol. The van der Waals surface area contributed by atoms with E-state index in [-0.39, 0.29) is 31.1 Å². The van der Waals surface area contributed by atoms with Crippen LogP contribution >= 0.6 is 0 Å². The van der Waals surface area contributed by atoms with Crippen molar-refractivity contribution in [3.8, 4) is 5.75 Å². The molecule has 17 heavy (non-hydrogen) atoms. The van der Waals surface area contributed by atoms with Gasteiger partial charge in [-0.3, -0.25) is 0 Å². The number of hydrogen-bond acceptors (Lipinski definition) is 3. The van der Waals surface area contributed by atoms with Crippen molar-refractivity contribution in [3.05, 3.63) is 43.0 Å². The lowest BCUT2D eigenvalue weighted by Crippen LogP contribution is -3.00. The first-order valence-corrected chi connectivity index (χ1v) is 4.27. The Kier molecular flexibility index (Phi) is 13.4. The number of quaternary nitrogens is 2. The zero-order valence-corrected chi connectivity index (χ0v) is 10.8. The SMILES string of the molecule is C=CCC(Oc1ccccc1)C(=O)[O-].[Cl-].[NH4+].[NH4+]. The van der Waals surface area contributed by atoms with E-state index in [2.05, 4.69) is 6.58 Å². The lowest BCUT2D eigenvalue weighted by Gasteiger charge is -2.18. The molecule has 0 spiro atoms. The first-order chi connectivity index (χ1) is 6.74. The quantitative estimate of drug-likeness (QED) is 0.629. The third kappa shape index (κ3) is 7.35. The van der Waals surface area contributed by atoms with Gasteiger partial charge >= 0.3 is 0 Å². The molecule has 0 radical (unpaired) electrons. The lowest BCUT2D eigenvalue weighted by molar-refractivity contribution is -0.313. The van der Waals surface area contributed by atoms with Crippen LogP contribution in [0.3, 0.4) is 0 Å². The molecular formula is C11H19ClN2O3. The van der Waals surface area contributed by atoms with Crippen LogP contribution < -0.4 is 34.6 Å². The Balaban J connectivity index is -0.000000653. The Labute approximate surface area is 107 Å². The van der Waals surface area contributed by atoms with Crippen molar-refractivity contribution in [3.63, 3.8) is 0 Å². The Morgan fingerprint density at radius 1 is 1.35 bits per heavy atom. The van der Waals surface area contributed by atoms with Gasteiger partial charge < -0.3 is 39.3 Å². The van der Waals surface area contributed by atoms with E-state index in [0.29, 0.717) is 5.75 Å². The summed E-state index contributed by atoms with van der Waals surface area (Å²) in [5.41, 5.74) is 0. The number of rotatable bonds is 5. The van der Waals surface area contributed by atoms with Crippen molar-refractivity contribution in [2.45, 2.75) is 12.5 Å². The average Bonchev–Trinajstić information content (AvgIpc) is 2.18. The molecule has 0 aromatic heterocycles. The standard InChI is InChI=1S/C11H12O3.ClH.2H3N/c1-2-6-10(11(12)13)14-9-7-4-3-5-8-9;;;/h2-5,7-8,10H,1,6H2,(H,12,13);1H;2*1H3. The van der Waals surface area contributed by atoms with Crippen LogP contribution in [0.4, 0.5) is 0 Å². The van der Waals surface area contributed by atoms with Crippen molar-refractivity contribution in [2.24, 2.45) is 0 Å². The molecule has 0 aliphatic rings. The minimum absolute atomic E-state index is 0. The van der Waals surface area contributed by atoms with Crippen LogP contribution in [0.5, 0.6) is 5.75 Å². The Morgan fingerprint density at radius 3 is 2.29 bits per heavy atom. The third-order valence-corrected chi connectivity index (χ3v) is 1.67. The minimum atomic E-state index is -1.23. The summed E-state index contributed by atoms with van der Waals surface area (Å²) in [4.78, 5) is 10.6. The van der Waals surface area contributed by atoms with Crippen LogP contribution in [-0.4, -0.2) is 12.1 Å². The summed E-state index contributed by atoms with van der Waals surface area (Å²) in [5, 5.41) is 10.6. The fourth-order valence-electron chi connectivity index (χ4n) is 1.01. The lowest BCUT2D eigenvalue weighted by atomic mass is 10.2. The van der Waals surface area contributed by atoms with Crippen molar-refractivity contribution in [1.29, 1.82) is 0 Å². The van der Waals surface area contributed by atoms with Gasteiger partial charge in [-0.2, -0.15) is 0 Å². The monoisotopic (exact) mass is 262 g/mol. The van der Waals surface area contributed by atoms with E-state index >= 15 is 0 Å². The number of carbonyl (C=O) groups is 1. The van der Waals surface area contributed by atoms with E-state index < -0.39 is 12.1 Å². The molecule has 0 bridgehead atoms. The Bertz CT molecular complexity index is 320. The molecule has 1 atom stereocenters. The predicted octanol–water partition coefficient (Wildman–Crippen LogP) is -1.48. The number of para-hydroxylation sites is 1. The van der Waals surface area contributed by atoms with Crippen LogP contribution in [-0.2, 0) is 4.79 Å². The molecule has 5 nitrogen and oxygen atoms in total. The number of benzene rings is 1. The largest absolute Gasteiger partial charge is 1.00 e. The number of carbonyl (C=O) groups excluding carboxylic acids is 1. The smallest absolute Gasteiger partial charge is 0.141 e. The van der Waals surface area contributed by atoms with Gasteiger partial charge in [-0.05, 0) is 12.1 Å². The van der Waals surface area contributed by atoms with Gasteiger partial charge in [0.1, 0.15) is 11.9 Å². The molecule has 0 amide bonds. The number of halogens is 1. The summed E-state index contributed by atoms with van der Waals surface area (Å²) in [6.45, 7) is 3.45.